The van der Waals surface area contributed by atoms with Gasteiger partial charge >= 0.3 is 0 Å². The fourth-order valence-electron chi connectivity index (χ4n) is 3.04. The van der Waals surface area contributed by atoms with E-state index in [-0.39, 0.29) is 17.8 Å². The van der Waals surface area contributed by atoms with Crippen LogP contribution in [0.25, 0.3) is 0 Å². The highest BCUT2D eigenvalue weighted by molar-refractivity contribution is 5.94. The molecule has 1 heterocycles. The first-order valence-electron chi connectivity index (χ1n) is 8.04. The van der Waals surface area contributed by atoms with Crippen molar-refractivity contribution < 1.29 is 13.9 Å². The third kappa shape index (κ3) is 3.63. The number of carbonyl (C=O) groups is 1. The van der Waals surface area contributed by atoms with Crippen LogP contribution in [0.3, 0.4) is 0 Å². The molecule has 1 unspecified atom stereocenters. The Labute approximate surface area is 141 Å². The lowest BCUT2D eigenvalue weighted by Gasteiger charge is -2.36. The monoisotopic (exact) mass is 328 g/mol. The van der Waals surface area contributed by atoms with Gasteiger partial charge in [0, 0.05) is 32.3 Å². The summed E-state index contributed by atoms with van der Waals surface area (Å²) in [6, 6.07) is 13.7. The van der Waals surface area contributed by atoms with E-state index >= 15 is 0 Å². The lowest BCUT2D eigenvalue weighted by atomic mass is 10.0. The number of amides is 1. The molecule has 0 saturated carbocycles. The van der Waals surface area contributed by atoms with Gasteiger partial charge in [0.05, 0.1) is 12.6 Å². The summed E-state index contributed by atoms with van der Waals surface area (Å²) >= 11 is 0. The van der Waals surface area contributed by atoms with E-state index in [1.807, 2.05) is 35.2 Å². The van der Waals surface area contributed by atoms with Gasteiger partial charge in [-0.15, -0.1) is 0 Å². The molecule has 0 spiro atoms. The van der Waals surface area contributed by atoms with Crippen molar-refractivity contribution in [1.29, 1.82) is 0 Å². The van der Waals surface area contributed by atoms with E-state index in [4.69, 9.17) is 4.74 Å². The molecule has 2 aromatic rings. The molecule has 3 rings (SSSR count). The molecule has 0 aromatic heterocycles. The normalized spacial score (nSPS) is 17.8. The van der Waals surface area contributed by atoms with Crippen molar-refractivity contribution in [2.45, 2.75) is 12.6 Å². The van der Waals surface area contributed by atoms with Crippen LogP contribution in [0.15, 0.2) is 48.5 Å². The van der Waals surface area contributed by atoms with Crippen LogP contribution in [0.1, 0.15) is 27.5 Å². The number of benzene rings is 2. The first-order chi connectivity index (χ1) is 11.7. The number of hydrogen-bond donors (Lipinski definition) is 1. The Balaban J connectivity index is 1.83. The minimum absolute atomic E-state index is 0.0327. The summed E-state index contributed by atoms with van der Waals surface area (Å²) in [5.41, 5.74) is 2.47. The molecule has 0 aliphatic carbocycles. The summed E-state index contributed by atoms with van der Waals surface area (Å²) in [6.07, 6.45) is 0. The van der Waals surface area contributed by atoms with E-state index in [9.17, 15) is 9.18 Å². The van der Waals surface area contributed by atoms with Crippen LogP contribution < -0.4 is 5.32 Å². The van der Waals surface area contributed by atoms with Gasteiger partial charge in [-0.25, -0.2) is 4.39 Å². The molecule has 4 nitrogen and oxygen atoms in total. The number of hydrogen-bond acceptors (Lipinski definition) is 3. The van der Waals surface area contributed by atoms with Crippen LogP contribution in [0, 0.1) is 5.82 Å². The van der Waals surface area contributed by atoms with E-state index in [0.29, 0.717) is 25.3 Å². The Morgan fingerprint density at radius 2 is 2.08 bits per heavy atom. The van der Waals surface area contributed by atoms with Gasteiger partial charge in [0.15, 0.2) is 0 Å². The number of piperazine rings is 1. The molecular weight excluding hydrogens is 307 g/mol. The van der Waals surface area contributed by atoms with Crippen LogP contribution in [0.4, 0.5) is 4.39 Å². The lowest BCUT2D eigenvalue weighted by Crippen LogP contribution is -2.48. The van der Waals surface area contributed by atoms with E-state index in [0.717, 1.165) is 17.7 Å². The summed E-state index contributed by atoms with van der Waals surface area (Å²) in [4.78, 5) is 14.7. The number of rotatable bonds is 4. The molecule has 1 aliphatic rings. The number of nitrogens with zero attached hydrogens (tertiary/aromatic N) is 1. The third-order valence-corrected chi connectivity index (χ3v) is 4.25. The summed E-state index contributed by atoms with van der Waals surface area (Å²) in [6.45, 7) is 2.48. The Bertz CT molecular complexity index is 703. The van der Waals surface area contributed by atoms with Gasteiger partial charge in [-0.05, 0) is 35.4 Å². The molecule has 0 bridgehead atoms. The predicted molar refractivity (Wildman–Crippen MR) is 90.2 cm³/mol. The number of ether oxygens (including phenoxy) is 1. The van der Waals surface area contributed by atoms with Crippen LogP contribution in [-0.4, -0.2) is 37.6 Å². The zero-order chi connectivity index (χ0) is 16.9. The Kier molecular flexibility index (Phi) is 5.23. The summed E-state index contributed by atoms with van der Waals surface area (Å²) in [5.74, 6) is -0.316. The highest BCUT2D eigenvalue weighted by Crippen LogP contribution is 2.25. The molecule has 1 atom stereocenters. The van der Waals surface area contributed by atoms with Crippen molar-refractivity contribution in [3.63, 3.8) is 0 Å². The minimum Gasteiger partial charge on any atom is -0.380 e. The van der Waals surface area contributed by atoms with Crippen molar-refractivity contribution in [2.24, 2.45) is 0 Å². The fraction of sp³-hybridized carbons (Fsp3) is 0.316. The molecule has 2 aromatic carbocycles. The zero-order valence-electron chi connectivity index (χ0n) is 13.7. The number of methoxy groups -OCH3 is 1. The van der Waals surface area contributed by atoms with Crippen molar-refractivity contribution >= 4 is 5.91 Å². The van der Waals surface area contributed by atoms with Gasteiger partial charge < -0.3 is 15.0 Å². The Morgan fingerprint density at radius 3 is 2.79 bits per heavy atom. The van der Waals surface area contributed by atoms with Crippen LogP contribution in [0.2, 0.25) is 0 Å². The SMILES string of the molecule is COCc1ccc(C(=O)N2CCNCC2c2cccc(F)c2)cc1. The summed E-state index contributed by atoms with van der Waals surface area (Å²) in [7, 11) is 1.64. The van der Waals surface area contributed by atoms with E-state index in [1.54, 1.807) is 13.2 Å². The molecule has 24 heavy (non-hydrogen) atoms. The van der Waals surface area contributed by atoms with Crippen LogP contribution >= 0.6 is 0 Å². The van der Waals surface area contributed by atoms with E-state index < -0.39 is 0 Å². The molecular formula is C19H21FN2O2. The second kappa shape index (κ2) is 7.55. The van der Waals surface area contributed by atoms with Crippen LogP contribution in [0.5, 0.6) is 0 Å². The smallest absolute Gasteiger partial charge is 0.254 e. The van der Waals surface area contributed by atoms with Crippen molar-refractivity contribution in [3.8, 4) is 0 Å². The molecule has 5 heteroatoms. The highest BCUT2D eigenvalue weighted by Gasteiger charge is 2.28. The molecule has 126 valence electrons. The van der Waals surface area contributed by atoms with E-state index in [1.165, 1.54) is 12.1 Å². The molecule has 0 radical (unpaired) electrons. The molecule has 1 amide bonds. The first kappa shape index (κ1) is 16.6. The third-order valence-electron chi connectivity index (χ3n) is 4.25. The second-order valence-electron chi connectivity index (χ2n) is 5.90. The molecule has 1 N–H and O–H groups in total. The number of nitrogens with one attached hydrogen (secondary N) is 1. The Hall–Kier alpha value is -2.24. The van der Waals surface area contributed by atoms with Gasteiger partial charge in [0.2, 0.25) is 0 Å². The van der Waals surface area contributed by atoms with Crippen molar-refractivity contribution in [1.82, 2.24) is 10.2 Å². The standard InChI is InChI=1S/C19H21FN2O2/c1-24-13-14-5-7-15(8-6-14)19(23)22-10-9-21-12-18(22)16-3-2-4-17(20)11-16/h2-8,11,18,21H,9-10,12-13H2,1H3. The van der Waals surface area contributed by atoms with Gasteiger partial charge in [-0.1, -0.05) is 24.3 Å². The van der Waals surface area contributed by atoms with Gasteiger partial charge in [0.25, 0.3) is 5.91 Å². The summed E-state index contributed by atoms with van der Waals surface area (Å²) in [5, 5.41) is 3.28. The van der Waals surface area contributed by atoms with Crippen molar-refractivity contribution in [3.05, 3.63) is 71.0 Å². The minimum atomic E-state index is -0.283. The lowest BCUT2D eigenvalue weighted by molar-refractivity contribution is 0.0634. The van der Waals surface area contributed by atoms with E-state index in [2.05, 4.69) is 5.32 Å². The largest absolute Gasteiger partial charge is 0.380 e. The first-order valence-corrected chi connectivity index (χ1v) is 8.04. The maximum atomic E-state index is 13.6. The number of halogens is 1. The predicted octanol–water partition coefficient (Wildman–Crippen LogP) is 2.76. The fourth-order valence-corrected chi connectivity index (χ4v) is 3.04. The molecule has 1 saturated heterocycles. The highest BCUT2D eigenvalue weighted by atomic mass is 19.1. The number of carbonyl (C=O) groups excluding carboxylic acids is 1. The zero-order valence-corrected chi connectivity index (χ0v) is 13.7. The van der Waals surface area contributed by atoms with Crippen LogP contribution in [-0.2, 0) is 11.3 Å². The Morgan fingerprint density at radius 1 is 1.29 bits per heavy atom. The average molecular weight is 328 g/mol. The van der Waals surface area contributed by atoms with Gasteiger partial charge in [0.1, 0.15) is 5.82 Å². The maximum Gasteiger partial charge on any atom is 0.254 e. The topological polar surface area (TPSA) is 41.6 Å². The second-order valence-corrected chi connectivity index (χ2v) is 5.90. The molecule has 1 aliphatic heterocycles. The quantitative estimate of drug-likeness (QED) is 0.938. The maximum absolute atomic E-state index is 13.6. The summed E-state index contributed by atoms with van der Waals surface area (Å²) < 4.78 is 18.6. The molecule has 1 fully saturated rings. The van der Waals surface area contributed by atoms with Gasteiger partial charge in [-0.3, -0.25) is 4.79 Å². The average Bonchev–Trinajstić information content (AvgIpc) is 2.62. The van der Waals surface area contributed by atoms with Gasteiger partial charge in [-0.2, -0.15) is 0 Å². The van der Waals surface area contributed by atoms with Crippen molar-refractivity contribution in [2.75, 3.05) is 26.7 Å².